The minimum Gasteiger partial charge on any atom is -0.379 e. The number of hydrogen-bond donors (Lipinski definition) is 1. The van der Waals surface area contributed by atoms with E-state index in [0.29, 0.717) is 12.1 Å². The zero-order valence-corrected chi connectivity index (χ0v) is 19.3. The summed E-state index contributed by atoms with van der Waals surface area (Å²) >= 11 is 0. The van der Waals surface area contributed by atoms with E-state index < -0.39 is 10.0 Å². The molecule has 0 saturated carbocycles. The highest BCUT2D eigenvalue weighted by atomic mass is 32.2. The molecule has 1 amide bonds. The van der Waals surface area contributed by atoms with Crippen molar-refractivity contribution in [2.45, 2.75) is 37.6 Å². The standard InChI is InChI=1S/C20H32N6O4S/c1-4-16(2)26-19-7-6-17(14-18(19)22-23-26)31(28,29)24(3)15-20(27)21-8-5-9-25-10-12-30-13-11-25/h6-7,14,16H,4-5,8-13,15H2,1-3H3,(H,21,27)/t16-/m0/s1. The highest BCUT2D eigenvalue weighted by Crippen LogP contribution is 2.22. The number of fused-ring (bicyclic) bond motifs is 1. The van der Waals surface area contributed by atoms with Gasteiger partial charge in [-0.05, 0) is 44.5 Å². The molecule has 0 spiro atoms. The lowest BCUT2D eigenvalue weighted by Crippen LogP contribution is -2.40. The number of carbonyl (C=O) groups is 1. The van der Waals surface area contributed by atoms with Gasteiger partial charge in [0, 0.05) is 26.7 Å². The third kappa shape index (κ3) is 5.79. The number of nitrogens with one attached hydrogen (secondary N) is 1. The van der Waals surface area contributed by atoms with Crippen LogP contribution in [-0.4, -0.2) is 91.5 Å². The van der Waals surface area contributed by atoms with Crippen molar-refractivity contribution >= 4 is 27.0 Å². The molecule has 0 aliphatic carbocycles. The number of aromatic nitrogens is 3. The first-order chi connectivity index (χ1) is 14.8. The number of benzene rings is 1. The number of amides is 1. The van der Waals surface area contributed by atoms with Crippen LogP contribution in [0.25, 0.3) is 11.0 Å². The Morgan fingerprint density at radius 3 is 2.77 bits per heavy atom. The van der Waals surface area contributed by atoms with Gasteiger partial charge < -0.3 is 10.1 Å². The van der Waals surface area contributed by atoms with Crippen LogP contribution in [0, 0.1) is 0 Å². The first-order valence-corrected chi connectivity index (χ1v) is 12.1. The summed E-state index contributed by atoms with van der Waals surface area (Å²) in [6, 6.07) is 4.93. The lowest BCUT2D eigenvalue weighted by Gasteiger charge is -2.26. The molecule has 3 rings (SSSR count). The maximum Gasteiger partial charge on any atom is 0.243 e. The van der Waals surface area contributed by atoms with Crippen LogP contribution in [0.2, 0.25) is 0 Å². The van der Waals surface area contributed by atoms with Crippen molar-refractivity contribution in [3.05, 3.63) is 18.2 Å². The van der Waals surface area contributed by atoms with E-state index in [1.807, 2.05) is 6.92 Å². The molecule has 1 saturated heterocycles. The topological polar surface area (TPSA) is 110 Å². The van der Waals surface area contributed by atoms with Gasteiger partial charge in [-0.1, -0.05) is 12.1 Å². The molecule has 1 fully saturated rings. The van der Waals surface area contributed by atoms with Gasteiger partial charge in [-0.2, -0.15) is 4.31 Å². The zero-order valence-electron chi connectivity index (χ0n) is 18.5. The van der Waals surface area contributed by atoms with Crippen molar-refractivity contribution in [2.75, 3.05) is 53.0 Å². The van der Waals surface area contributed by atoms with Crippen LogP contribution in [0.5, 0.6) is 0 Å². The van der Waals surface area contributed by atoms with E-state index in [1.54, 1.807) is 10.7 Å². The van der Waals surface area contributed by atoms with Gasteiger partial charge in [0.15, 0.2) is 0 Å². The van der Waals surface area contributed by atoms with E-state index in [2.05, 4.69) is 27.5 Å². The second-order valence-electron chi connectivity index (χ2n) is 7.86. The second-order valence-corrected chi connectivity index (χ2v) is 9.91. The summed E-state index contributed by atoms with van der Waals surface area (Å²) < 4.78 is 34.0. The van der Waals surface area contributed by atoms with Gasteiger partial charge in [0.1, 0.15) is 5.52 Å². The number of carbonyl (C=O) groups excluding carboxylic acids is 1. The quantitative estimate of drug-likeness (QED) is 0.533. The Hall–Kier alpha value is -2.08. The summed E-state index contributed by atoms with van der Waals surface area (Å²) in [5, 5.41) is 11.1. The fourth-order valence-electron chi connectivity index (χ4n) is 3.46. The smallest absolute Gasteiger partial charge is 0.243 e. The van der Waals surface area contributed by atoms with E-state index in [-0.39, 0.29) is 23.4 Å². The molecule has 172 valence electrons. The van der Waals surface area contributed by atoms with Gasteiger partial charge in [0.05, 0.1) is 36.2 Å². The molecule has 10 nitrogen and oxygen atoms in total. The second kappa shape index (κ2) is 10.5. The predicted octanol–water partition coefficient (Wildman–Crippen LogP) is 0.861. The van der Waals surface area contributed by atoms with E-state index in [0.717, 1.165) is 55.5 Å². The molecule has 1 aromatic carbocycles. The first-order valence-electron chi connectivity index (χ1n) is 10.7. The number of nitrogens with zero attached hydrogens (tertiary/aromatic N) is 5. The molecule has 1 aliphatic heterocycles. The normalized spacial score (nSPS) is 16.6. The van der Waals surface area contributed by atoms with Gasteiger partial charge in [-0.25, -0.2) is 13.1 Å². The fourth-order valence-corrected chi connectivity index (χ4v) is 4.61. The fraction of sp³-hybridized carbons (Fsp3) is 0.650. The number of likely N-dealkylation sites (N-methyl/N-ethyl adjacent to an activating group) is 1. The minimum absolute atomic E-state index is 0.0961. The van der Waals surface area contributed by atoms with Gasteiger partial charge in [0.25, 0.3) is 0 Å². The van der Waals surface area contributed by atoms with Crippen LogP contribution < -0.4 is 5.32 Å². The van der Waals surface area contributed by atoms with Crippen LogP contribution >= 0.6 is 0 Å². The summed E-state index contributed by atoms with van der Waals surface area (Å²) in [5.41, 5.74) is 1.30. The van der Waals surface area contributed by atoms with Crippen molar-refractivity contribution < 1.29 is 17.9 Å². The van der Waals surface area contributed by atoms with E-state index in [1.165, 1.54) is 19.2 Å². The molecule has 1 aromatic heterocycles. The summed E-state index contributed by atoms with van der Waals surface area (Å²) in [6.45, 7) is 8.55. The Morgan fingerprint density at radius 1 is 1.32 bits per heavy atom. The molecule has 2 aromatic rings. The zero-order chi connectivity index (χ0) is 22.4. The first kappa shape index (κ1) is 23.6. The van der Waals surface area contributed by atoms with Crippen LogP contribution in [0.1, 0.15) is 32.7 Å². The summed E-state index contributed by atoms with van der Waals surface area (Å²) in [6.07, 6.45) is 1.70. The molecule has 1 N–H and O–H groups in total. The number of ether oxygens (including phenoxy) is 1. The molecule has 0 bridgehead atoms. The SMILES string of the molecule is CC[C@H](C)n1nnc2cc(S(=O)(=O)N(C)CC(=O)NCCCN3CCOCC3)ccc21. The molecule has 1 atom stereocenters. The maximum atomic E-state index is 12.9. The van der Waals surface area contributed by atoms with Gasteiger partial charge in [-0.3, -0.25) is 9.69 Å². The van der Waals surface area contributed by atoms with Crippen LogP contribution in [0.15, 0.2) is 23.1 Å². The Balaban J connectivity index is 1.55. The van der Waals surface area contributed by atoms with Gasteiger partial charge >= 0.3 is 0 Å². The molecule has 1 aliphatic rings. The summed E-state index contributed by atoms with van der Waals surface area (Å²) in [5.74, 6) is -0.322. The van der Waals surface area contributed by atoms with Crippen molar-refractivity contribution in [3.63, 3.8) is 0 Å². The Kier molecular flexibility index (Phi) is 7.98. The maximum absolute atomic E-state index is 12.9. The van der Waals surface area contributed by atoms with Crippen LogP contribution in [-0.2, 0) is 19.6 Å². The Bertz CT molecular complexity index is 987. The number of rotatable bonds is 10. The molecule has 31 heavy (non-hydrogen) atoms. The number of sulfonamides is 1. The highest BCUT2D eigenvalue weighted by Gasteiger charge is 2.24. The molecule has 11 heteroatoms. The Labute approximate surface area is 183 Å². The third-order valence-electron chi connectivity index (χ3n) is 5.60. The molecule has 0 unspecified atom stereocenters. The molecule has 2 heterocycles. The third-order valence-corrected chi connectivity index (χ3v) is 7.40. The lowest BCUT2D eigenvalue weighted by atomic mass is 10.2. The van der Waals surface area contributed by atoms with Crippen LogP contribution in [0.3, 0.4) is 0 Å². The van der Waals surface area contributed by atoms with Crippen molar-refractivity contribution in [1.82, 2.24) is 29.5 Å². The predicted molar refractivity (Wildman–Crippen MR) is 117 cm³/mol. The van der Waals surface area contributed by atoms with Crippen LogP contribution in [0.4, 0.5) is 0 Å². The van der Waals surface area contributed by atoms with Gasteiger partial charge in [0.2, 0.25) is 15.9 Å². The minimum atomic E-state index is -3.82. The van der Waals surface area contributed by atoms with E-state index in [4.69, 9.17) is 4.74 Å². The van der Waals surface area contributed by atoms with E-state index in [9.17, 15) is 13.2 Å². The largest absolute Gasteiger partial charge is 0.379 e. The highest BCUT2D eigenvalue weighted by molar-refractivity contribution is 7.89. The molecule has 0 radical (unpaired) electrons. The van der Waals surface area contributed by atoms with Crippen molar-refractivity contribution in [2.24, 2.45) is 0 Å². The van der Waals surface area contributed by atoms with Gasteiger partial charge in [-0.15, -0.1) is 5.10 Å². The average Bonchev–Trinajstić information content (AvgIpc) is 3.20. The number of hydrogen-bond acceptors (Lipinski definition) is 7. The van der Waals surface area contributed by atoms with E-state index >= 15 is 0 Å². The monoisotopic (exact) mass is 452 g/mol. The summed E-state index contributed by atoms with van der Waals surface area (Å²) in [4.78, 5) is 14.6. The van der Waals surface area contributed by atoms with Crippen molar-refractivity contribution in [3.8, 4) is 0 Å². The average molecular weight is 453 g/mol. The number of morpholine rings is 1. The Morgan fingerprint density at radius 2 is 2.06 bits per heavy atom. The molecular weight excluding hydrogens is 420 g/mol. The van der Waals surface area contributed by atoms with Crippen molar-refractivity contribution in [1.29, 1.82) is 0 Å². The molecular formula is C20H32N6O4S. The summed E-state index contributed by atoms with van der Waals surface area (Å²) in [7, 11) is -2.41. The lowest BCUT2D eigenvalue weighted by molar-refractivity contribution is -0.121.